The molecule has 0 aromatic rings. The van der Waals surface area contributed by atoms with Crippen molar-refractivity contribution in [2.75, 3.05) is 0 Å². The van der Waals surface area contributed by atoms with Gasteiger partial charge in [-0.2, -0.15) is 5.26 Å². The molecule has 0 radical (unpaired) electrons. The third-order valence-corrected chi connectivity index (χ3v) is 1.30. The molecule has 3 heteroatoms. The first-order chi connectivity index (χ1) is 5.17. The summed E-state index contributed by atoms with van der Waals surface area (Å²) in [5.41, 5.74) is 0.147. The van der Waals surface area contributed by atoms with Gasteiger partial charge in [-0.3, -0.25) is 4.99 Å². The number of aliphatic imine (C=N–C) groups is 1. The smallest absolute Gasteiger partial charge is 0.133 e. The van der Waals surface area contributed by atoms with Gasteiger partial charge in [0.25, 0.3) is 0 Å². The van der Waals surface area contributed by atoms with Crippen LogP contribution in [-0.2, 0) is 0 Å². The molecule has 0 saturated heterocycles. The second-order valence-electron chi connectivity index (χ2n) is 4.22. The standard InChI is InChI=1S/C9H15ClN2/c1-8(2,3)12-7(6-11)9(4,5)10/h1-5H3. The number of rotatable bonds is 1. The minimum absolute atomic E-state index is 0.239. The number of alkyl halides is 1. The van der Waals surface area contributed by atoms with Crippen LogP contribution < -0.4 is 0 Å². The van der Waals surface area contributed by atoms with Crippen molar-refractivity contribution in [1.29, 1.82) is 5.26 Å². The summed E-state index contributed by atoms with van der Waals surface area (Å²) < 4.78 is 0. The highest BCUT2D eigenvalue weighted by Gasteiger charge is 2.23. The zero-order valence-electron chi connectivity index (χ0n) is 8.27. The molecule has 0 aliphatic rings. The first-order valence-corrected chi connectivity index (χ1v) is 4.24. The van der Waals surface area contributed by atoms with Gasteiger partial charge in [-0.05, 0) is 34.6 Å². The van der Waals surface area contributed by atoms with E-state index in [0.717, 1.165) is 0 Å². The van der Waals surface area contributed by atoms with Crippen molar-refractivity contribution in [3.8, 4) is 6.07 Å². The van der Waals surface area contributed by atoms with Crippen LogP contribution in [0.25, 0.3) is 0 Å². The average molecular weight is 187 g/mol. The highest BCUT2D eigenvalue weighted by atomic mass is 35.5. The molecule has 0 fully saturated rings. The predicted octanol–water partition coefficient (Wildman–Crippen LogP) is 2.77. The fraction of sp³-hybridized carbons (Fsp3) is 0.778. The molecule has 0 aliphatic carbocycles. The maximum Gasteiger partial charge on any atom is 0.133 e. The van der Waals surface area contributed by atoms with Gasteiger partial charge in [-0.25, -0.2) is 0 Å². The third kappa shape index (κ3) is 4.35. The van der Waals surface area contributed by atoms with Gasteiger partial charge in [0.15, 0.2) is 0 Å². The van der Waals surface area contributed by atoms with Crippen LogP contribution in [0.15, 0.2) is 4.99 Å². The lowest BCUT2D eigenvalue weighted by Gasteiger charge is -2.18. The van der Waals surface area contributed by atoms with Crippen LogP contribution in [0.2, 0.25) is 0 Å². The van der Waals surface area contributed by atoms with E-state index in [0.29, 0.717) is 5.71 Å². The van der Waals surface area contributed by atoms with E-state index in [9.17, 15) is 0 Å². The molecule has 0 atom stereocenters. The van der Waals surface area contributed by atoms with Gasteiger partial charge in [-0.15, -0.1) is 11.6 Å². The summed E-state index contributed by atoms with van der Waals surface area (Å²) in [7, 11) is 0. The fourth-order valence-corrected chi connectivity index (χ4v) is 0.711. The molecular formula is C9H15ClN2. The van der Waals surface area contributed by atoms with E-state index in [2.05, 4.69) is 4.99 Å². The number of hydrogen-bond acceptors (Lipinski definition) is 2. The summed E-state index contributed by atoms with van der Waals surface area (Å²) in [6.07, 6.45) is 0. The Kier molecular flexibility index (Phi) is 3.29. The van der Waals surface area contributed by atoms with Crippen LogP contribution in [0.1, 0.15) is 34.6 Å². The molecular weight excluding hydrogens is 172 g/mol. The van der Waals surface area contributed by atoms with Crippen molar-refractivity contribution < 1.29 is 0 Å². The Morgan fingerprint density at radius 3 is 1.75 bits per heavy atom. The molecule has 0 unspecified atom stereocenters. The van der Waals surface area contributed by atoms with Crippen molar-refractivity contribution >= 4 is 17.3 Å². The van der Waals surface area contributed by atoms with E-state index in [1.54, 1.807) is 13.8 Å². The summed E-state index contributed by atoms with van der Waals surface area (Å²) in [4.78, 5) is 3.56. The van der Waals surface area contributed by atoms with E-state index < -0.39 is 4.87 Å². The van der Waals surface area contributed by atoms with Gasteiger partial charge in [0.1, 0.15) is 11.8 Å². The Morgan fingerprint density at radius 2 is 1.67 bits per heavy atom. The van der Waals surface area contributed by atoms with Gasteiger partial charge in [-0.1, -0.05) is 0 Å². The van der Waals surface area contributed by atoms with E-state index >= 15 is 0 Å². The van der Waals surface area contributed by atoms with Gasteiger partial charge in [0.05, 0.1) is 10.4 Å². The zero-order valence-corrected chi connectivity index (χ0v) is 9.03. The largest absolute Gasteiger partial charge is 0.271 e. The Morgan fingerprint density at radius 1 is 1.25 bits per heavy atom. The SMILES string of the molecule is CC(C)(C)N=C(C#N)C(C)(C)Cl. The lowest BCUT2D eigenvalue weighted by atomic mass is 10.1. The van der Waals surface area contributed by atoms with Crippen LogP contribution in [0.5, 0.6) is 0 Å². The van der Waals surface area contributed by atoms with Crippen molar-refractivity contribution in [3.05, 3.63) is 0 Å². The second-order valence-corrected chi connectivity index (χ2v) is 5.16. The molecule has 2 nitrogen and oxygen atoms in total. The van der Waals surface area contributed by atoms with Crippen LogP contribution in [0.3, 0.4) is 0 Å². The summed E-state index contributed by atoms with van der Waals surface area (Å²) in [6.45, 7) is 9.34. The first-order valence-electron chi connectivity index (χ1n) is 3.86. The molecule has 0 spiro atoms. The summed E-state index contributed by atoms with van der Waals surface area (Å²) in [6, 6.07) is 2.02. The zero-order chi connectivity index (χ0) is 9.99. The van der Waals surface area contributed by atoms with E-state index in [4.69, 9.17) is 16.9 Å². The van der Waals surface area contributed by atoms with Crippen LogP contribution in [0.4, 0.5) is 0 Å². The Hall–Kier alpha value is -0.550. The molecule has 68 valence electrons. The summed E-state index contributed by atoms with van der Waals surface area (Å²) >= 11 is 5.95. The molecule has 0 bridgehead atoms. The van der Waals surface area contributed by atoms with Crippen molar-refractivity contribution in [1.82, 2.24) is 0 Å². The molecule has 0 rings (SSSR count). The Bertz CT molecular complexity index is 222. The van der Waals surface area contributed by atoms with E-state index in [-0.39, 0.29) is 5.54 Å². The van der Waals surface area contributed by atoms with Crippen LogP contribution >= 0.6 is 11.6 Å². The monoisotopic (exact) mass is 186 g/mol. The minimum atomic E-state index is -0.665. The van der Waals surface area contributed by atoms with Crippen LogP contribution in [0, 0.1) is 11.3 Å². The summed E-state index contributed by atoms with van der Waals surface area (Å²) in [5, 5.41) is 8.76. The van der Waals surface area contributed by atoms with Crippen molar-refractivity contribution in [2.24, 2.45) is 4.99 Å². The summed E-state index contributed by atoms with van der Waals surface area (Å²) in [5.74, 6) is 0. The number of halogens is 1. The maximum atomic E-state index is 8.76. The molecule has 0 saturated carbocycles. The Balaban J connectivity index is 4.85. The Labute approximate surface area is 79.2 Å². The maximum absolute atomic E-state index is 8.76. The lowest BCUT2D eigenvalue weighted by molar-refractivity contribution is 0.580. The van der Waals surface area contributed by atoms with Gasteiger partial charge in [0.2, 0.25) is 0 Å². The molecule has 0 amide bonds. The number of nitriles is 1. The quantitative estimate of drug-likeness (QED) is 0.458. The van der Waals surface area contributed by atoms with Crippen molar-refractivity contribution in [3.63, 3.8) is 0 Å². The van der Waals surface area contributed by atoms with Crippen molar-refractivity contribution in [2.45, 2.75) is 45.0 Å². The van der Waals surface area contributed by atoms with Gasteiger partial charge in [0, 0.05) is 0 Å². The van der Waals surface area contributed by atoms with Gasteiger partial charge >= 0.3 is 0 Å². The third-order valence-electron chi connectivity index (χ3n) is 1.12. The highest BCUT2D eigenvalue weighted by Crippen LogP contribution is 2.18. The molecule has 0 aliphatic heterocycles. The number of hydrogen-bond donors (Lipinski definition) is 0. The van der Waals surface area contributed by atoms with Crippen LogP contribution in [-0.4, -0.2) is 16.1 Å². The molecule has 0 N–H and O–H groups in total. The minimum Gasteiger partial charge on any atom is -0.271 e. The normalized spacial score (nSPS) is 14.2. The number of nitrogens with zero attached hydrogens (tertiary/aromatic N) is 2. The highest BCUT2D eigenvalue weighted by molar-refractivity contribution is 6.38. The fourth-order valence-electron chi connectivity index (χ4n) is 0.626. The first kappa shape index (κ1) is 11.4. The topological polar surface area (TPSA) is 36.1 Å². The lowest BCUT2D eigenvalue weighted by Crippen LogP contribution is -2.27. The average Bonchev–Trinajstić information content (AvgIpc) is 1.78. The predicted molar refractivity (Wildman–Crippen MR) is 52.7 cm³/mol. The molecule has 0 heterocycles. The second kappa shape index (κ2) is 3.45. The molecule has 12 heavy (non-hydrogen) atoms. The molecule has 0 aromatic carbocycles. The van der Waals surface area contributed by atoms with E-state index in [1.165, 1.54) is 0 Å². The van der Waals surface area contributed by atoms with Gasteiger partial charge < -0.3 is 0 Å². The molecule has 0 aromatic heterocycles. The van der Waals surface area contributed by atoms with E-state index in [1.807, 2.05) is 26.8 Å².